The Kier molecular flexibility index (Phi) is 7.27. The summed E-state index contributed by atoms with van der Waals surface area (Å²) in [6.45, 7) is 4.71. The summed E-state index contributed by atoms with van der Waals surface area (Å²) in [5, 5.41) is 15.1. The Morgan fingerprint density at radius 3 is 2.71 bits per heavy atom. The summed E-state index contributed by atoms with van der Waals surface area (Å²) in [4.78, 5) is 47.6. The molecule has 0 saturated carbocycles. The summed E-state index contributed by atoms with van der Waals surface area (Å²) in [6.07, 6.45) is 4.84. The number of piperidine rings is 1. The minimum absolute atomic E-state index is 0.133. The van der Waals surface area contributed by atoms with Gasteiger partial charge in [0.25, 0.3) is 5.91 Å². The fraction of sp³-hybridized carbons (Fsp3) is 0.250. The molecule has 0 unspecified atom stereocenters. The Labute approximate surface area is 202 Å². The Balaban J connectivity index is 1.34. The van der Waals surface area contributed by atoms with Crippen LogP contribution in [0.15, 0.2) is 61.4 Å². The molecule has 4 N–H and O–H groups in total. The van der Waals surface area contributed by atoms with Gasteiger partial charge in [0, 0.05) is 25.3 Å². The molecule has 2 atom stereocenters. The molecular formula is C24H26N8O3. The van der Waals surface area contributed by atoms with Crippen LogP contribution in [0.25, 0.3) is 11.4 Å². The number of nitrogens with zero attached hydrogens (tertiary/aromatic N) is 4. The van der Waals surface area contributed by atoms with E-state index in [1.165, 1.54) is 12.3 Å². The fourth-order valence-electron chi connectivity index (χ4n) is 3.95. The lowest BCUT2D eigenvalue weighted by molar-refractivity contribution is -0.123. The first-order chi connectivity index (χ1) is 16.9. The first kappa shape index (κ1) is 23.8. The Bertz CT molecular complexity index is 1210. The molecule has 11 heteroatoms. The molecule has 3 amide bonds. The predicted octanol–water partition coefficient (Wildman–Crippen LogP) is 1.68. The van der Waals surface area contributed by atoms with E-state index in [1.54, 1.807) is 42.6 Å². The van der Waals surface area contributed by atoms with Crippen LogP contribution in [0, 0.1) is 5.92 Å². The number of hydrogen-bond acceptors (Lipinski definition) is 7. The summed E-state index contributed by atoms with van der Waals surface area (Å²) in [5.41, 5.74) is 2.04. The van der Waals surface area contributed by atoms with E-state index < -0.39 is 5.91 Å². The third-order valence-corrected chi connectivity index (χ3v) is 5.57. The number of aromatic nitrogens is 4. The molecule has 11 nitrogen and oxygen atoms in total. The number of hydrogen-bond donors (Lipinski definition) is 4. The number of aromatic amines is 1. The van der Waals surface area contributed by atoms with Gasteiger partial charge >= 0.3 is 0 Å². The van der Waals surface area contributed by atoms with Crippen LogP contribution >= 0.6 is 0 Å². The average Bonchev–Trinajstić information content (AvgIpc) is 3.40. The van der Waals surface area contributed by atoms with Crippen molar-refractivity contribution in [3.63, 3.8) is 0 Å². The van der Waals surface area contributed by atoms with Gasteiger partial charge in [0.2, 0.25) is 11.8 Å². The molecule has 0 radical (unpaired) electrons. The second-order valence-corrected chi connectivity index (χ2v) is 8.32. The molecule has 3 aromatic rings. The molecule has 35 heavy (non-hydrogen) atoms. The molecular weight excluding hydrogens is 448 g/mol. The highest BCUT2D eigenvalue weighted by Gasteiger charge is 2.30. The SMILES string of the molecule is C=CC(=O)N[C@H]1C[C@@H](C(=O)Nc2ccc(NC(=O)c3cccc(-c4ccn[nH]4)n3)nc2)CN(C)C1. The third kappa shape index (κ3) is 6.15. The Morgan fingerprint density at radius 1 is 1.14 bits per heavy atom. The van der Waals surface area contributed by atoms with Gasteiger partial charge in [-0.2, -0.15) is 5.10 Å². The van der Waals surface area contributed by atoms with Crippen LogP contribution in [0.2, 0.25) is 0 Å². The number of rotatable bonds is 7. The molecule has 4 rings (SSSR count). The highest BCUT2D eigenvalue weighted by atomic mass is 16.2. The van der Waals surface area contributed by atoms with Crippen LogP contribution in [0.3, 0.4) is 0 Å². The quantitative estimate of drug-likeness (QED) is 0.381. The van der Waals surface area contributed by atoms with E-state index in [0.717, 1.165) is 0 Å². The fourth-order valence-corrected chi connectivity index (χ4v) is 3.95. The van der Waals surface area contributed by atoms with E-state index in [1.807, 2.05) is 11.9 Å². The molecule has 1 aliphatic rings. The molecule has 3 aromatic heterocycles. The van der Waals surface area contributed by atoms with Crippen molar-refractivity contribution in [3.8, 4) is 11.4 Å². The van der Waals surface area contributed by atoms with E-state index in [0.29, 0.717) is 42.4 Å². The van der Waals surface area contributed by atoms with Crippen molar-refractivity contribution in [2.45, 2.75) is 12.5 Å². The van der Waals surface area contributed by atoms with Crippen LogP contribution in [0.1, 0.15) is 16.9 Å². The number of carbonyl (C=O) groups is 3. The van der Waals surface area contributed by atoms with Crippen molar-refractivity contribution in [2.75, 3.05) is 30.8 Å². The minimum Gasteiger partial charge on any atom is -0.349 e. The maximum Gasteiger partial charge on any atom is 0.275 e. The summed E-state index contributed by atoms with van der Waals surface area (Å²) in [5.74, 6) is -0.793. The van der Waals surface area contributed by atoms with E-state index in [-0.39, 0.29) is 29.5 Å². The topological polar surface area (TPSA) is 145 Å². The van der Waals surface area contributed by atoms with Crippen LogP contribution in [0.5, 0.6) is 0 Å². The zero-order chi connectivity index (χ0) is 24.8. The zero-order valence-corrected chi connectivity index (χ0v) is 19.2. The van der Waals surface area contributed by atoms with E-state index in [4.69, 9.17) is 0 Å². The van der Waals surface area contributed by atoms with Gasteiger partial charge in [0.05, 0.1) is 29.2 Å². The lowest BCUT2D eigenvalue weighted by Crippen LogP contribution is -2.51. The van der Waals surface area contributed by atoms with Crippen molar-refractivity contribution >= 4 is 29.2 Å². The number of pyridine rings is 2. The molecule has 0 aromatic carbocycles. The van der Waals surface area contributed by atoms with Crippen molar-refractivity contribution < 1.29 is 14.4 Å². The lowest BCUT2D eigenvalue weighted by Gasteiger charge is -2.35. The van der Waals surface area contributed by atoms with Crippen molar-refractivity contribution in [2.24, 2.45) is 5.92 Å². The van der Waals surface area contributed by atoms with Gasteiger partial charge in [-0.25, -0.2) is 9.97 Å². The van der Waals surface area contributed by atoms with E-state index in [2.05, 4.69) is 42.7 Å². The third-order valence-electron chi connectivity index (χ3n) is 5.57. The van der Waals surface area contributed by atoms with Gasteiger partial charge in [-0.15, -0.1) is 0 Å². The molecule has 1 saturated heterocycles. The molecule has 1 aliphatic heterocycles. The monoisotopic (exact) mass is 474 g/mol. The van der Waals surface area contributed by atoms with Gasteiger partial charge in [-0.1, -0.05) is 12.6 Å². The van der Waals surface area contributed by atoms with Gasteiger partial charge in [-0.05, 0) is 49.9 Å². The summed E-state index contributed by atoms with van der Waals surface area (Å²) in [7, 11) is 1.91. The van der Waals surface area contributed by atoms with Crippen molar-refractivity contribution in [1.29, 1.82) is 0 Å². The molecule has 1 fully saturated rings. The highest BCUT2D eigenvalue weighted by molar-refractivity contribution is 6.02. The molecule has 4 heterocycles. The number of likely N-dealkylation sites (N-methyl/N-ethyl adjacent to an activating group) is 1. The number of likely N-dealkylation sites (tertiary alicyclic amines) is 1. The number of anilines is 2. The van der Waals surface area contributed by atoms with Gasteiger partial charge in [0.1, 0.15) is 11.5 Å². The van der Waals surface area contributed by atoms with Crippen LogP contribution in [0.4, 0.5) is 11.5 Å². The molecule has 0 aliphatic carbocycles. The largest absolute Gasteiger partial charge is 0.349 e. The number of nitrogens with one attached hydrogen (secondary N) is 4. The minimum atomic E-state index is -0.409. The summed E-state index contributed by atoms with van der Waals surface area (Å²) < 4.78 is 0. The van der Waals surface area contributed by atoms with E-state index >= 15 is 0 Å². The first-order valence-corrected chi connectivity index (χ1v) is 11.1. The Morgan fingerprint density at radius 2 is 2.00 bits per heavy atom. The van der Waals surface area contributed by atoms with Crippen molar-refractivity contribution in [1.82, 2.24) is 30.4 Å². The van der Waals surface area contributed by atoms with Crippen LogP contribution < -0.4 is 16.0 Å². The van der Waals surface area contributed by atoms with E-state index in [9.17, 15) is 14.4 Å². The normalized spacial score (nSPS) is 17.9. The number of amides is 3. The molecule has 0 bridgehead atoms. The number of carbonyl (C=O) groups excluding carboxylic acids is 3. The van der Waals surface area contributed by atoms with Crippen LogP contribution in [-0.2, 0) is 9.59 Å². The number of H-pyrrole nitrogens is 1. The summed E-state index contributed by atoms with van der Waals surface area (Å²) >= 11 is 0. The van der Waals surface area contributed by atoms with Gasteiger partial charge in [0.15, 0.2) is 0 Å². The zero-order valence-electron chi connectivity index (χ0n) is 19.2. The lowest BCUT2D eigenvalue weighted by atomic mass is 9.93. The van der Waals surface area contributed by atoms with Gasteiger partial charge < -0.3 is 20.9 Å². The second kappa shape index (κ2) is 10.7. The van der Waals surface area contributed by atoms with Gasteiger partial charge in [-0.3, -0.25) is 19.5 Å². The Hall–Kier alpha value is -4.38. The highest BCUT2D eigenvalue weighted by Crippen LogP contribution is 2.19. The summed E-state index contributed by atoms with van der Waals surface area (Å²) in [6, 6.07) is 10.0. The molecule has 180 valence electrons. The maximum absolute atomic E-state index is 12.8. The van der Waals surface area contributed by atoms with Crippen LogP contribution in [-0.4, -0.2) is 69.0 Å². The predicted molar refractivity (Wildman–Crippen MR) is 130 cm³/mol. The van der Waals surface area contributed by atoms with Crippen molar-refractivity contribution in [3.05, 3.63) is 67.1 Å². The first-order valence-electron chi connectivity index (χ1n) is 11.1. The maximum atomic E-state index is 12.8. The molecule has 0 spiro atoms. The standard InChI is InChI=1S/C24H26N8O3/c1-3-22(33)27-17-11-15(13-32(2)14-17)23(34)28-16-7-8-21(25-12-16)30-24(35)20-6-4-5-18(29-20)19-9-10-26-31-19/h3-10,12,15,17H,1,11,13-14H2,2H3,(H,26,31)(H,27,33)(H,28,34)(H,25,30,35)/t15-,17+/m1/s1. The smallest absolute Gasteiger partial charge is 0.275 e. The second-order valence-electron chi connectivity index (χ2n) is 8.32. The average molecular weight is 475 g/mol.